The summed E-state index contributed by atoms with van der Waals surface area (Å²) in [5, 5.41) is 0. The Morgan fingerprint density at radius 3 is 1.09 bits per heavy atom. The zero-order valence-electron chi connectivity index (χ0n) is 19.3. The molecule has 0 fully saturated rings. The molecule has 2 unspecified atom stereocenters. The Morgan fingerprint density at radius 2 is 0.735 bits per heavy atom. The van der Waals surface area contributed by atoms with Crippen LogP contribution in [0.1, 0.15) is 0 Å². The Bertz CT molecular complexity index is 1120. The summed E-state index contributed by atoms with van der Waals surface area (Å²) in [6, 6.07) is 0. The van der Waals surface area contributed by atoms with Crippen LogP contribution in [0.4, 0.5) is 0 Å². The highest BCUT2D eigenvalue weighted by molar-refractivity contribution is 5.51. The predicted molar refractivity (Wildman–Crippen MR) is 145 cm³/mol. The number of allylic oxidation sites excluding steroid dienone is 28. The van der Waals surface area contributed by atoms with E-state index in [4.69, 9.17) is 0 Å². The van der Waals surface area contributed by atoms with Gasteiger partial charge in [-0.15, -0.1) is 0 Å². The molecule has 6 aliphatic carbocycles. The van der Waals surface area contributed by atoms with Gasteiger partial charge in [-0.05, 0) is 22.3 Å². The molecule has 6 aliphatic rings. The minimum atomic E-state index is 0.346. The maximum absolute atomic E-state index is 2.44. The summed E-state index contributed by atoms with van der Waals surface area (Å²) in [6.45, 7) is 0. The summed E-state index contributed by atoms with van der Waals surface area (Å²) in [5.41, 5.74) is 5.78. The summed E-state index contributed by atoms with van der Waals surface area (Å²) < 4.78 is 0. The second-order valence-electron chi connectivity index (χ2n) is 9.63. The van der Waals surface area contributed by atoms with Crippen LogP contribution >= 0.6 is 0 Å². The Kier molecular flexibility index (Phi) is 5.73. The van der Waals surface area contributed by atoms with Gasteiger partial charge in [-0.25, -0.2) is 0 Å². The average molecular weight is 439 g/mol. The fourth-order valence-corrected chi connectivity index (χ4v) is 5.65. The Morgan fingerprint density at radius 1 is 0.412 bits per heavy atom. The molecular formula is C34H30. The summed E-state index contributed by atoms with van der Waals surface area (Å²) in [4.78, 5) is 0. The number of hydrogen-bond donors (Lipinski definition) is 0. The van der Waals surface area contributed by atoms with Gasteiger partial charge in [-0.2, -0.15) is 0 Å². The second-order valence-corrected chi connectivity index (χ2v) is 9.63. The topological polar surface area (TPSA) is 0 Å². The highest BCUT2D eigenvalue weighted by Crippen LogP contribution is 2.39. The summed E-state index contributed by atoms with van der Waals surface area (Å²) >= 11 is 0. The van der Waals surface area contributed by atoms with Crippen LogP contribution in [0, 0.1) is 35.5 Å². The van der Waals surface area contributed by atoms with Crippen molar-refractivity contribution in [2.75, 3.05) is 0 Å². The van der Waals surface area contributed by atoms with Gasteiger partial charge in [0.05, 0.1) is 0 Å². The third-order valence-electron chi connectivity index (χ3n) is 7.46. The van der Waals surface area contributed by atoms with Gasteiger partial charge in [0.25, 0.3) is 0 Å². The van der Waals surface area contributed by atoms with E-state index in [1.54, 1.807) is 0 Å². The first-order valence-corrected chi connectivity index (χ1v) is 12.5. The summed E-state index contributed by atoms with van der Waals surface area (Å²) in [7, 11) is 0. The Labute approximate surface area is 203 Å². The van der Waals surface area contributed by atoms with Crippen LogP contribution in [-0.2, 0) is 0 Å². The summed E-state index contributed by atoms with van der Waals surface area (Å²) in [6.07, 6.45) is 54.5. The highest BCUT2D eigenvalue weighted by atomic mass is 14.3. The predicted octanol–water partition coefficient (Wildman–Crippen LogP) is 8.03. The van der Waals surface area contributed by atoms with E-state index >= 15 is 0 Å². The van der Waals surface area contributed by atoms with Crippen molar-refractivity contribution in [3.8, 4) is 0 Å². The lowest BCUT2D eigenvalue weighted by Crippen LogP contribution is -2.03. The zero-order valence-corrected chi connectivity index (χ0v) is 19.3. The Hall–Kier alpha value is -3.64. The van der Waals surface area contributed by atoms with Gasteiger partial charge in [-0.1, -0.05) is 146 Å². The van der Waals surface area contributed by atoms with E-state index in [0.717, 1.165) is 0 Å². The molecule has 0 amide bonds. The maximum Gasteiger partial charge on any atom is 0.0202 e. The Balaban J connectivity index is 1.20. The lowest BCUT2D eigenvalue weighted by molar-refractivity contribution is 0.838. The molecule has 0 aromatic rings. The van der Waals surface area contributed by atoms with Gasteiger partial charge < -0.3 is 0 Å². The van der Waals surface area contributed by atoms with Gasteiger partial charge in [0.2, 0.25) is 0 Å². The van der Waals surface area contributed by atoms with Crippen molar-refractivity contribution < 1.29 is 0 Å². The van der Waals surface area contributed by atoms with Crippen LogP contribution in [-0.4, -0.2) is 0 Å². The molecule has 0 aromatic carbocycles. The minimum Gasteiger partial charge on any atom is -0.0735 e. The van der Waals surface area contributed by atoms with E-state index in [2.05, 4.69) is 146 Å². The quantitative estimate of drug-likeness (QED) is 0.353. The molecule has 0 radical (unpaired) electrons. The summed E-state index contributed by atoms with van der Waals surface area (Å²) in [5.74, 6) is 2.34. The van der Waals surface area contributed by atoms with E-state index < -0.39 is 0 Å². The van der Waals surface area contributed by atoms with Crippen LogP contribution in [0.15, 0.2) is 168 Å². The van der Waals surface area contributed by atoms with E-state index in [1.807, 2.05) is 0 Å². The lowest BCUT2D eigenvalue weighted by atomic mass is 9.90. The van der Waals surface area contributed by atoms with Gasteiger partial charge >= 0.3 is 0 Å². The molecule has 34 heavy (non-hydrogen) atoms. The van der Waals surface area contributed by atoms with Crippen LogP contribution in [0.2, 0.25) is 0 Å². The van der Waals surface area contributed by atoms with Crippen molar-refractivity contribution in [3.05, 3.63) is 168 Å². The van der Waals surface area contributed by atoms with E-state index in [-0.39, 0.29) is 0 Å². The van der Waals surface area contributed by atoms with Crippen LogP contribution in [0.3, 0.4) is 0 Å². The van der Waals surface area contributed by atoms with Crippen molar-refractivity contribution in [2.24, 2.45) is 35.5 Å². The average Bonchev–Trinajstić information content (AvgIpc) is 3.68. The van der Waals surface area contributed by atoms with Gasteiger partial charge in [0, 0.05) is 35.5 Å². The smallest absolute Gasteiger partial charge is 0.0202 e. The van der Waals surface area contributed by atoms with Crippen molar-refractivity contribution >= 4 is 0 Å². The number of rotatable bonds is 7. The van der Waals surface area contributed by atoms with Crippen LogP contribution in [0.5, 0.6) is 0 Å². The molecule has 0 N–H and O–H groups in total. The van der Waals surface area contributed by atoms with Crippen molar-refractivity contribution in [1.29, 1.82) is 0 Å². The first-order chi connectivity index (χ1) is 16.8. The minimum absolute atomic E-state index is 0.346. The highest BCUT2D eigenvalue weighted by Gasteiger charge is 2.26. The first-order valence-electron chi connectivity index (χ1n) is 12.5. The molecule has 0 saturated carbocycles. The monoisotopic (exact) mass is 438 g/mol. The molecule has 0 aromatic heterocycles. The van der Waals surface area contributed by atoms with Gasteiger partial charge in [0.1, 0.15) is 0 Å². The molecule has 0 aliphatic heterocycles. The molecule has 6 rings (SSSR count). The fraction of sp³-hybridized carbons (Fsp3) is 0.176. The fourth-order valence-electron chi connectivity index (χ4n) is 5.65. The van der Waals surface area contributed by atoms with E-state index in [9.17, 15) is 0 Å². The molecule has 0 spiro atoms. The third kappa shape index (κ3) is 4.17. The van der Waals surface area contributed by atoms with E-state index in [1.165, 1.54) is 22.3 Å². The van der Waals surface area contributed by atoms with Crippen molar-refractivity contribution in [1.82, 2.24) is 0 Å². The molecule has 0 bridgehead atoms. The number of hydrogen-bond acceptors (Lipinski definition) is 0. The zero-order chi connectivity index (χ0) is 22.7. The molecule has 2 atom stereocenters. The second kappa shape index (κ2) is 9.31. The maximum atomic E-state index is 2.44. The molecule has 0 nitrogen and oxygen atoms in total. The third-order valence-corrected chi connectivity index (χ3v) is 7.46. The molecule has 0 heteroatoms. The van der Waals surface area contributed by atoms with E-state index in [0.29, 0.717) is 35.5 Å². The standard InChI is InChI=1S/C34H30/c1-2-12-25(11-1)31-21-29(33(23-31)27-15-5-6-16-27)19-9-10-20-30-22-32(26-13-3-4-14-26)24-34(30)28-17-7-8-18-28/h1-30H/b19-9+,20-10+. The SMILES string of the molecule is C1=CC(C2=CC(/C=C/C=C/C3C=C(C4C=CC=C4)C=C3C3C=CC=C3)C(C3C=CC=C3)=C2)C=C1. The normalized spacial score (nSPS) is 28.2. The van der Waals surface area contributed by atoms with Crippen molar-refractivity contribution in [3.63, 3.8) is 0 Å². The first kappa shape index (κ1) is 20.9. The molecule has 166 valence electrons. The molecule has 0 heterocycles. The van der Waals surface area contributed by atoms with Crippen LogP contribution in [0.25, 0.3) is 0 Å². The van der Waals surface area contributed by atoms with Gasteiger partial charge in [-0.3, -0.25) is 0 Å². The molecule has 0 saturated heterocycles. The van der Waals surface area contributed by atoms with Crippen molar-refractivity contribution in [2.45, 2.75) is 0 Å². The molecular weight excluding hydrogens is 408 g/mol. The van der Waals surface area contributed by atoms with Gasteiger partial charge in [0.15, 0.2) is 0 Å². The largest absolute Gasteiger partial charge is 0.0735 e. The lowest BCUT2D eigenvalue weighted by Gasteiger charge is -2.14. The van der Waals surface area contributed by atoms with Crippen LogP contribution < -0.4 is 0 Å².